The smallest absolute Gasteiger partial charge is 0.266 e. The van der Waals surface area contributed by atoms with Gasteiger partial charge in [-0.15, -0.1) is 0 Å². The lowest BCUT2D eigenvalue weighted by Gasteiger charge is -2.37. The molecule has 0 saturated carbocycles. The Bertz CT molecular complexity index is 975. The van der Waals surface area contributed by atoms with Crippen molar-refractivity contribution in [3.05, 3.63) is 36.2 Å². The van der Waals surface area contributed by atoms with Crippen molar-refractivity contribution in [3.8, 4) is 6.07 Å². The fraction of sp³-hybridized carbons (Fsp3) is 0.565. The number of rotatable bonds is 6. The van der Waals surface area contributed by atoms with Crippen LogP contribution in [0.2, 0.25) is 0 Å². The first-order chi connectivity index (χ1) is 15.6. The molecular weight excluding hydrogens is 408 g/mol. The Kier molecular flexibility index (Phi) is 5.81. The first-order valence-electron chi connectivity index (χ1n) is 11.4. The van der Waals surface area contributed by atoms with Gasteiger partial charge in [-0.25, -0.2) is 0 Å². The van der Waals surface area contributed by atoms with Crippen molar-refractivity contribution in [2.45, 2.75) is 37.8 Å². The van der Waals surface area contributed by atoms with E-state index in [1.807, 2.05) is 35.2 Å². The molecule has 0 bridgehead atoms. The number of nitriles is 1. The number of carbonyl (C=O) groups is 1. The highest BCUT2D eigenvalue weighted by Crippen LogP contribution is 2.33. The minimum Gasteiger partial charge on any atom is -0.378 e. The van der Waals surface area contributed by atoms with E-state index >= 15 is 0 Å². The maximum atomic E-state index is 12.5. The van der Waals surface area contributed by atoms with Crippen molar-refractivity contribution >= 4 is 17.5 Å². The molecule has 1 amide bonds. The predicted octanol–water partition coefficient (Wildman–Crippen LogP) is 1.97. The van der Waals surface area contributed by atoms with E-state index in [1.165, 1.54) is 0 Å². The zero-order valence-corrected chi connectivity index (χ0v) is 18.0. The van der Waals surface area contributed by atoms with E-state index < -0.39 is 6.23 Å². The van der Waals surface area contributed by atoms with Gasteiger partial charge in [-0.2, -0.15) is 10.2 Å². The van der Waals surface area contributed by atoms with E-state index in [0.717, 1.165) is 44.7 Å². The number of aromatic nitrogens is 2. The van der Waals surface area contributed by atoms with Gasteiger partial charge in [-0.3, -0.25) is 9.69 Å². The number of anilines is 2. The lowest BCUT2D eigenvalue weighted by molar-refractivity contribution is -0.118. The first kappa shape index (κ1) is 20.9. The third-order valence-electron chi connectivity index (χ3n) is 6.95. The molecule has 3 aliphatic heterocycles. The normalized spacial score (nSPS) is 23.9. The number of nitrogens with zero attached hydrogens (tertiary/aromatic N) is 6. The Morgan fingerprint density at radius 1 is 1.19 bits per heavy atom. The van der Waals surface area contributed by atoms with E-state index in [0.29, 0.717) is 37.1 Å². The lowest BCUT2D eigenvalue weighted by Crippen LogP contribution is -2.47. The van der Waals surface area contributed by atoms with Crippen LogP contribution in [0.4, 0.5) is 11.6 Å². The summed E-state index contributed by atoms with van der Waals surface area (Å²) in [5, 5.41) is 23.9. The summed E-state index contributed by atoms with van der Waals surface area (Å²) in [6.45, 7) is 3.61. The van der Waals surface area contributed by atoms with Crippen molar-refractivity contribution in [3.63, 3.8) is 0 Å². The van der Waals surface area contributed by atoms with Gasteiger partial charge in [0.15, 0.2) is 0 Å². The second-order valence-corrected chi connectivity index (χ2v) is 9.09. The SMILES string of the molecule is N#CCC1CN(c2noc(C3CCN(C(O)C4CC(=O)N(c5ccccc5)C4)CC3)n2)C1. The van der Waals surface area contributed by atoms with Crippen molar-refractivity contribution in [2.24, 2.45) is 11.8 Å². The quantitative estimate of drug-likeness (QED) is 0.732. The summed E-state index contributed by atoms with van der Waals surface area (Å²) in [6, 6.07) is 11.8. The molecule has 0 radical (unpaired) electrons. The van der Waals surface area contributed by atoms with E-state index in [4.69, 9.17) is 9.78 Å². The highest BCUT2D eigenvalue weighted by molar-refractivity contribution is 5.95. The van der Waals surface area contributed by atoms with Gasteiger partial charge in [0.05, 0.1) is 6.07 Å². The maximum Gasteiger partial charge on any atom is 0.266 e. The molecule has 9 nitrogen and oxygen atoms in total. The molecule has 5 rings (SSSR count). The first-order valence-corrected chi connectivity index (χ1v) is 11.4. The van der Waals surface area contributed by atoms with Crippen LogP contribution in [-0.2, 0) is 4.79 Å². The summed E-state index contributed by atoms with van der Waals surface area (Å²) < 4.78 is 5.53. The number of benzene rings is 1. The van der Waals surface area contributed by atoms with Crippen LogP contribution in [0.25, 0.3) is 0 Å². The van der Waals surface area contributed by atoms with Gasteiger partial charge < -0.3 is 19.4 Å². The number of likely N-dealkylation sites (tertiary alicyclic amines) is 1. The molecule has 9 heteroatoms. The molecule has 0 spiro atoms. The maximum absolute atomic E-state index is 12.5. The van der Waals surface area contributed by atoms with Crippen LogP contribution in [0.3, 0.4) is 0 Å². The third kappa shape index (κ3) is 4.08. The fourth-order valence-electron chi connectivity index (χ4n) is 5.01. The predicted molar refractivity (Wildman–Crippen MR) is 117 cm³/mol. The number of hydrogen-bond donors (Lipinski definition) is 1. The van der Waals surface area contributed by atoms with E-state index in [-0.39, 0.29) is 17.7 Å². The molecule has 3 aliphatic rings. The summed E-state index contributed by atoms with van der Waals surface area (Å²) in [5.41, 5.74) is 0.888. The molecule has 32 heavy (non-hydrogen) atoms. The molecule has 1 N–H and O–H groups in total. The largest absolute Gasteiger partial charge is 0.378 e. The van der Waals surface area contributed by atoms with Gasteiger partial charge in [0, 0.05) is 69.0 Å². The van der Waals surface area contributed by atoms with Gasteiger partial charge in [-0.1, -0.05) is 18.2 Å². The third-order valence-corrected chi connectivity index (χ3v) is 6.95. The molecule has 168 valence electrons. The number of amides is 1. The van der Waals surface area contributed by atoms with Gasteiger partial charge in [0.25, 0.3) is 5.95 Å². The van der Waals surface area contributed by atoms with Crippen LogP contribution in [0, 0.1) is 23.2 Å². The topological polar surface area (TPSA) is 110 Å². The van der Waals surface area contributed by atoms with Crippen LogP contribution in [0.5, 0.6) is 0 Å². The van der Waals surface area contributed by atoms with Crippen molar-refractivity contribution in [2.75, 3.05) is 42.5 Å². The molecule has 1 aromatic heterocycles. The number of hydrogen-bond acceptors (Lipinski definition) is 8. The Hall–Kier alpha value is -2.96. The molecule has 2 aromatic rings. The Balaban J connectivity index is 1.13. The summed E-state index contributed by atoms with van der Waals surface area (Å²) in [4.78, 5) is 23.0. The van der Waals surface area contributed by atoms with Crippen molar-refractivity contribution < 1.29 is 14.4 Å². The lowest BCUT2D eigenvalue weighted by atomic mass is 9.95. The minimum absolute atomic E-state index is 0.0662. The summed E-state index contributed by atoms with van der Waals surface area (Å²) >= 11 is 0. The van der Waals surface area contributed by atoms with Gasteiger partial charge in [-0.05, 0) is 30.1 Å². The molecule has 0 aliphatic carbocycles. The monoisotopic (exact) mass is 436 g/mol. The van der Waals surface area contributed by atoms with Gasteiger partial charge >= 0.3 is 0 Å². The number of aliphatic hydroxyl groups excluding tert-OH is 1. The van der Waals surface area contributed by atoms with Crippen LogP contribution < -0.4 is 9.80 Å². The minimum atomic E-state index is -0.634. The van der Waals surface area contributed by atoms with Crippen LogP contribution in [-0.4, -0.2) is 65.0 Å². The van der Waals surface area contributed by atoms with Crippen molar-refractivity contribution in [1.29, 1.82) is 5.26 Å². The van der Waals surface area contributed by atoms with E-state index in [2.05, 4.69) is 21.1 Å². The number of piperidine rings is 1. The van der Waals surface area contributed by atoms with Crippen LogP contribution in [0.1, 0.15) is 37.5 Å². The molecule has 2 unspecified atom stereocenters. The Labute approximate surface area is 187 Å². The molecule has 1 aromatic carbocycles. The fourth-order valence-corrected chi connectivity index (χ4v) is 5.01. The van der Waals surface area contributed by atoms with Crippen LogP contribution >= 0.6 is 0 Å². The Morgan fingerprint density at radius 3 is 2.66 bits per heavy atom. The van der Waals surface area contributed by atoms with Gasteiger partial charge in [0.1, 0.15) is 6.23 Å². The number of para-hydroxylation sites is 1. The molecule has 3 saturated heterocycles. The zero-order valence-electron chi connectivity index (χ0n) is 18.0. The van der Waals surface area contributed by atoms with E-state index in [1.54, 1.807) is 4.90 Å². The van der Waals surface area contributed by atoms with Crippen LogP contribution in [0.15, 0.2) is 34.9 Å². The highest BCUT2D eigenvalue weighted by atomic mass is 16.5. The zero-order chi connectivity index (χ0) is 22.1. The molecule has 4 heterocycles. The van der Waals surface area contributed by atoms with Crippen molar-refractivity contribution in [1.82, 2.24) is 15.0 Å². The summed E-state index contributed by atoms with van der Waals surface area (Å²) in [5.74, 6) is 1.82. The number of aliphatic hydroxyl groups is 1. The molecule has 3 fully saturated rings. The average Bonchev–Trinajstić information content (AvgIpc) is 3.43. The average molecular weight is 437 g/mol. The molecule has 2 atom stereocenters. The Morgan fingerprint density at radius 2 is 1.94 bits per heavy atom. The summed E-state index contributed by atoms with van der Waals surface area (Å²) in [6.07, 6.45) is 1.96. The summed E-state index contributed by atoms with van der Waals surface area (Å²) in [7, 11) is 0. The second kappa shape index (κ2) is 8.88. The highest BCUT2D eigenvalue weighted by Gasteiger charge is 2.39. The van der Waals surface area contributed by atoms with E-state index in [9.17, 15) is 9.90 Å². The molecular formula is C23H28N6O3. The number of carbonyl (C=O) groups excluding carboxylic acids is 1. The second-order valence-electron chi connectivity index (χ2n) is 9.09. The standard InChI is InChI=1S/C23H28N6O3/c24-9-6-16-13-28(14-16)23-25-21(32-26-23)17-7-10-27(11-8-17)22(31)18-12-20(30)29(15-18)19-4-2-1-3-5-19/h1-5,16-18,22,31H,6-8,10-15H2. The van der Waals surface area contributed by atoms with Gasteiger partial charge in [0.2, 0.25) is 11.8 Å².